The molecule has 0 saturated carbocycles. The van der Waals surface area contributed by atoms with Crippen molar-refractivity contribution in [3.05, 3.63) is 119 Å². The lowest BCUT2D eigenvalue weighted by Crippen LogP contribution is -2.44. The predicted molar refractivity (Wildman–Crippen MR) is 241 cm³/mol. The van der Waals surface area contributed by atoms with Crippen LogP contribution in [0.5, 0.6) is 51.7 Å². The van der Waals surface area contributed by atoms with E-state index in [1.807, 2.05) is 72.8 Å². The quantitative estimate of drug-likeness (QED) is 0.0841. The Labute approximate surface area is 362 Å². The first-order chi connectivity index (χ1) is 28.8. The lowest BCUT2D eigenvalue weighted by Gasteiger charge is -2.30. The molecule has 0 N–H and O–H groups in total. The highest BCUT2D eigenvalue weighted by Crippen LogP contribution is 2.55. The zero-order chi connectivity index (χ0) is 43.0. The summed E-state index contributed by atoms with van der Waals surface area (Å²) >= 11 is 0. The molecular formula is C48H54O10P2Si. The van der Waals surface area contributed by atoms with Gasteiger partial charge in [0.25, 0.3) is 0 Å². The smallest absolute Gasteiger partial charge is 0.483 e. The first-order valence-corrected chi connectivity index (χ1v) is 25.9. The molecule has 4 aliphatic heterocycles. The third kappa shape index (κ3) is 8.85. The topological polar surface area (TPSA) is 92.3 Å². The molecule has 0 aromatic heterocycles. The summed E-state index contributed by atoms with van der Waals surface area (Å²) < 4.78 is 66.8. The van der Waals surface area contributed by atoms with E-state index >= 15 is 0 Å². The average Bonchev–Trinajstić information content (AvgIpc) is 3.88. The van der Waals surface area contributed by atoms with E-state index in [1.165, 1.54) is 0 Å². The number of hydrogen-bond acceptors (Lipinski definition) is 10. The SMILES string of the molecule is CC1(C)Cc2cccc(OP(Oc3ccccc3[Si](C)(C)OP(Oc3cccc4c3OC(C)(C)C4)Oc3cccc4c3OC(C)(C)C4)Oc3cccc4c3OC(C)(C)C4)c2O1. The van der Waals surface area contributed by atoms with Gasteiger partial charge in [0.1, 0.15) is 28.2 Å². The summed E-state index contributed by atoms with van der Waals surface area (Å²) in [6.45, 7) is 20.8. The van der Waals surface area contributed by atoms with Gasteiger partial charge < -0.3 is 45.8 Å². The van der Waals surface area contributed by atoms with E-state index in [9.17, 15) is 0 Å². The van der Waals surface area contributed by atoms with Crippen molar-refractivity contribution >= 4 is 30.7 Å². The van der Waals surface area contributed by atoms with Crippen molar-refractivity contribution in [2.24, 2.45) is 0 Å². The molecule has 0 saturated heterocycles. The third-order valence-corrected chi connectivity index (χ3v) is 16.8. The Kier molecular flexibility index (Phi) is 10.5. The van der Waals surface area contributed by atoms with E-state index in [2.05, 4.69) is 92.7 Å². The summed E-state index contributed by atoms with van der Waals surface area (Å²) in [5.41, 5.74) is 2.78. The molecule has 320 valence electrons. The molecule has 0 amide bonds. The van der Waals surface area contributed by atoms with Crippen molar-refractivity contribution in [1.82, 2.24) is 0 Å². The lowest BCUT2D eigenvalue weighted by atomic mass is 10.0. The summed E-state index contributed by atoms with van der Waals surface area (Å²) in [6.07, 6.45) is 3.04. The van der Waals surface area contributed by atoms with Crippen LogP contribution in [0.25, 0.3) is 0 Å². The van der Waals surface area contributed by atoms with Gasteiger partial charge in [-0.1, -0.05) is 66.7 Å². The number of rotatable bonds is 13. The van der Waals surface area contributed by atoms with Crippen molar-refractivity contribution in [2.45, 2.75) is 117 Å². The molecule has 0 spiro atoms. The fourth-order valence-electron chi connectivity index (χ4n) is 8.43. The minimum absolute atomic E-state index is 0.372. The molecular weight excluding hydrogens is 827 g/mol. The zero-order valence-corrected chi connectivity index (χ0v) is 39.3. The van der Waals surface area contributed by atoms with Gasteiger partial charge in [-0.25, -0.2) is 0 Å². The highest BCUT2D eigenvalue weighted by atomic mass is 31.2. The minimum Gasteiger partial charge on any atom is -0.483 e. The second-order valence-corrected chi connectivity index (χ2v) is 25.2. The van der Waals surface area contributed by atoms with E-state index in [4.69, 9.17) is 45.8 Å². The maximum absolute atomic E-state index is 7.13. The highest BCUT2D eigenvalue weighted by Gasteiger charge is 2.42. The normalized spacial score (nSPS) is 18.2. The zero-order valence-electron chi connectivity index (χ0n) is 36.5. The Hall–Kier alpha value is -4.66. The molecule has 4 aliphatic rings. The van der Waals surface area contributed by atoms with Crippen molar-refractivity contribution in [3.63, 3.8) is 0 Å². The maximum atomic E-state index is 7.13. The van der Waals surface area contributed by atoms with Crippen LogP contribution in [0.1, 0.15) is 77.6 Å². The van der Waals surface area contributed by atoms with Gasteiger partial charge in [-0.2, -0.15) is 0 Å². The summed E-state index contributed by atoms with van der Waals surface area (Å²) in [7, 11) is -7.22. The fraction of sp³-hybridized carbons (Fsp3) is 0.375. The molecule has 4 heterocycles. The van der Waals surface area contributed by atoms with Crippen LogP contribution >= 0.6 is 17.2 Å². The monoisotopic (exact) mass is 880 g/mol. The summed E-state index contributed by atoms with van der Waals surface area (Å²) in [6, 6.07) is 31.6. The van der Waals surface area contributed by atoms with Gasteiger partial charge in [-0.15, -0.1) is 0 Å². The Bertz CT molecular complexity index is 2340. The molecule has 0 aliphatic carbocycles. The van der Waals surface area contributed by atoms with E-state index in [-0.39, 0.29) is 22.4 Å². The predicted octanol–water partition coefficient (Wildman–Crippen LogP) is 12.1. The molecule has 0 radical (unpaired) electrons. The van der Waals surface area contributed by atoms with Crippen LogP contribution in [0, 0.1) is 0 Å². The molecule has 5 aromatic rings. The fourth-order valence-corrected chi connectivity index (χ4v) is 13.6. The summed E-state index contributed by atoms with van der Waals surface area (Å²) in [5, 5.41) is 0.854. The molecule has 61 heavy (non-hydrogen) atoms. The second-order valence-electron chi connectivity index (χ2n) is 19.1. The van der Waals surface area contributed by atoms with Gasteiger partial charge in [0.2, 0.25) is 8.32 Å². The molecule has 9 rings (SSSR count). The molecule has 0 fully saturated rings. The largest absolute Gasteiger partial charge is 0.530 e. The maximum Gasteiger partial charge on any atom is 0.530 e. The van der Waals surface area contributed by atoms with Crippen molar-refractivity contribution in [2.75, 3.05) is 0 Å². The Morgan fingerprint density at radius 3 is 1.05 bits per heavy atom. The first-order valence-electron chi connectivity index (χ1n) is 20.8. The van der Waals surface area contributed by atoms with E-state index in [0.29, 0.717) is 51.7 Å². The Morgan fingerprint density at radius 1 is 0.393 bits per heavy atom. The van der Waals surface area contributed by atoms with Crippen molar-refractivity contribution in [1.29, 1.82) is 0 Å². The van der Waals surface area contributed by atoms with Crippen LogP contribution in [0.3, 0.4) is 0 Å². The lowest BCUT2D eigenvalue weighted by molar-refractivity contribution is 0.134. The number of para-hydroxylation sites is 5. The van der Waals surface area contributed by atoms with Gasteiger partial charge in [0, 0.05) is 53.1 Å². The molecule has 13 heteroatoms. The number of hydrogen-bond donors (Lipinski definition) is 0. The standard InChI is InChI=1S/C48H54O10P2Si/c1-45(2)27-31-17-13-22-36(41(31)49-45)54-59(55-37-23-14-18-32-28-46(3,4)50-42(32)37)53-35-21-11-12-26-40(35)61(9,10)58-60(56-38-24-15-19-33-29-47(5,6)51-43(33)38)57-39-25-16-20-34-30-48(7,8)52-44(34)39/h11-26H,27-30H2,1-10H3. The van der Waals surface area contributed by atoms with Crippen LogP contribution in [0.2, 0.25) is 13.1 Å². The third-order valence-electron chi connectivity index (χ3n) is 10.9. The van der Waals surface area contributed by atoms with E-state index in [1.54, 1.807) is 0 Å². The average molecular weight is 881 g/mol. The van der Waals surface area contributed by atoms with E-state index < -0.39 is 25.5 Å². The molecule has 0 unspecified atom stereocenters. The van der Waals surface area contributed by atoms with Gasteiger partial charge in [0.15, 0.2) is 46.0 Å². The van der Waals surface area contributed by atoms with Crippen molar-refractivity contribution < 1.29 is 45.8 Å². The Balaban J connectivity index is 1.05. The van der Waals surface area contributed by atoms with Crippen LogP contribution in [-0.4, -0.2) is 30.7 Å². The molecule has 10 nitrogen and oxygen atoms in total. The van der Waals surface area contributed by atoms with Gasteiger partial charge in [-0.3, -0.25) is 0 Å². The number of benzene rings is 5. The van der Waals surface area contributed by atoms with Gasteiger partial charge in [0.05, 0.1) is 0 Å². The molecule has 5 aromatic carbocycles. The minimum atomic E-state index is -3.00. The van der Waals surface area contributed by atoms with Crippen LogP contribution in [0.15, 0.2) is 97.1 Å². The van der Waals surface area contributed by atoms with Crippen LogP contribution in [-0.2, 0) is 29.9 Å². The Morgan fingerprint density at radius 2 is 0.689 bits per heavy atom. The summed E-state index contributed by atoms with van der Waals surface area (Å²) in [5.74, 6) is 5.53. The number of ether oxygens (including phenoxy) is 4. The molecule has 0 bridgehead atoms. The van der Waals surface area contributed by atoms with Crippen LogP contribution < -0.4 is 46.8 Å². The van der Waals surface area contributed by atoms with Crippen molar-refractivity contribution in [3.8, 4) is 51.7 Å². The van der Waals surface area contributed by atoms with Crippen LogP contribution in [0.4, 0.5) is 0 Å². The second kappa shape index (κ2) is 15.3. The van der Waals surface area contributed by atoms with Gasteiger partial charge in [-0.05, 0) is 98.8 Å². The van der Waals surface area contributed by atoms with Gasteiger partial charge >= 0.3 is 17.2 Å². The number of fused-ring (bicyclic) bond motifs is 4. The molecule has 0 atom stereocenters. The highest BCUT2D eigenvalue weighted by molar-refractivity contribution is 7.45. The summed E-state index contributed by atoms with van der Waals surface area (Å²) in [4.78, 5) is 0. The first kappa shape index (κ1) is 41.7. The van der Waals surface area contributed by atoms with E-state index in [0.717, 1.165) is 53.1 Å².